The highest BCUT2D eigenvalue weighted by Crippen LogP contribution is 2.68. The van der Waals surface area contributed by atoms with Crippen LogP contribution in [0.25, 0.3) is 227 Å². The first-order valence-corrected chi connectivity index (χ1v) is 49.2. The van der Waals surface area contributed by atoms with Crippen molar-refractivity contribution in [1.82, 2.24) is 29.5 Å². The SMILES string of the molecule is c1ccc(-c2cc3c4ccccc4nc(-c4ccc(-c5ccc(-c6nc7ccccc7c7cc8c(cc67)-c6ccccc6C86c7ccccc7-c7ccccc76)cc5)cc4)n3n2)cc1.c1ccc2c(c1)-c1ccccc1C21c2ccccc2-c2cc3c(-c4ccc(-c5ccc(-c6nc7ccccc7c7cc8c(cc67)-c6ccccc6C86c7ccccc7-c7ccccc76)cc5)cc4)nc4ccccc4c3cc21. The van der Waals surface area contributed by atoms with E-state index in [0.717, 1.165) is 133 Å². The molecule has 32 rings (SSSR count). The topological polar surface area (TPSA) is 68.9 Å². The highest BCUT2D eigenvalue weighted by atomic mass is 15.3. The lowest BCUT2D eigenvalue weighted by molar-refractivity contribution is 0.795. The summed E-state index contributed by atoms with van der Waals surface area (Å²) in [7, 11) is 0. The van der Waals surface area contributed by atoms with Gasteiger partial charge in [0.2, 0.25) is 0 Å². The van der Waals surface area contributed by atoms with Crippen molar-refractivity contribution < 1.29 is 0 Å². The van der Waals surface area contributed by atoms with Gasteiger partial charge in [0, 0.05) is 65.5 Å². The first-order valence-electron chi connectivity index (χ1n) is 49.2. The molecule has 142 heavy (non-hydrogen) atoms. The van der Waals surface area contributed by atoms with Crippen LogP contribution in [0, 0.1) is 0 Å². The summed E-state index contributed by atoms with van der Waals surface area (Å²) in [6, 6.07) is 179. The van der Waals surface area contributed by atoms with E-state index in [1.807, 2.05) is 16.6 Å². The van der Waals surface area contributed by atoms with Crippen molar-refractivity contribution in [2.45, 2.75) is 16.2 Å². The van der Waals surface area contributed by atoms with E-state index in [-0.39, 0.29) is 0 Å². The van der Waals surface area contributed by atoms with Crippen LogP contribution in [-0.4, -0.2) is 29.5 Å². The number of para-hydroxylation sites is 4. The molecule has 6 nitrogen and oxygen atoms in total. The average Bonchev–Trinajstić information content (AvgIpc) is 1.51. The van der Waals surface area contributed by atoms with E-state index < -0.39 is 16.2 Å². The Kier molecular flexibility index (Phi) is 16.5. The second-order valence-electron chi connectivity index (χ2n) is 38.9. The minimum absolute atomic E-state index is 0.408. The lowest BCUT2D eigenvalue weighted by Crippen LogP contribution is -2.25. The number of rotatable bonds is 7. The number of hydrogen-bond donors (Lipinski definition) is 0. The van der Waals surface area contributed by atoms with Crippen LogP contribution in [-0.2, 0) is 16.2 Å². The van der Waals surface area contributed by atoms with Gasteiger partial charge in [0.05, 0.1) is 66.6 Å². The monoisotopic (exact) mass is 1800 g/mol. The molecule has 0 bridgehead atoms. The van der Waals surface area contributed by atoms with Crippen molar-refractivity contribution >= 4 is 81.4 Å². The molecule has 0 N–H and O–H groups in total. The van der Waals surface area contributed by atoms with E-state index in [4.69, 9.17) is 25.0 Å². The first-order chi connectivity index (χ1) is 70.4. The molecule has 654 valence electrons. The van der Waals surface area contributed by atoms with Crippen molar-refractivity contribution in [1.29, 1.82) is 0 Å². The maximum Gasteiger partial charge on any atom is 0.161 e. The molecule has 21 aromatic carbocycles. The summed E-state index contributed by atoms with van der Waals surface area (Å²) in [5.41, 5.74) is 49.3. The fourth-order valence-corrected chi connectivity index (χ4v) is 26.2. The normalized spacial score (nSPS) is 13.7. The van der Waals surface area contributed by atoms with E-state index >= 15 is 0 Å². The van der Waals surface area contributed by atoms with E-state index in [9.17, 15) is 0 Å². The van der Waals surface area contributed by atoms with Crippen molar-refractivity contribution in [2.24, 2.45) is 0 Å². The lowest BCUT2D eigenvalue weighted by Gasteiger charge is -2.30. The molecule has 26 aromatic rings. The van der Waals surface area contributed by atoms with Gasteiger partial charge < -0.3 is 0 Å². The van der Waals surface area contributed by atoms with E-state index in [0.29, 0.717) is 0 Å². The quantitative estimate of drug-likeness (QED) is 0.149. The fraction of sp³-hybridized carbons (Fsp3) is 0.0221. The summed E-state index contributed by atoms with van der Waals surface area (Å²) in [5.74, 6) is 0.813. The highest BCUT2D eigenvalue weighted by Gasteiger charge is 2.55. The predicted octanol–water partition coefficient (Wildman–Crippen LogP) is 33.4. The van der Waals surface area contributed by atoms with Gasteiger partial charge in [-0.1, -0.05) is 419 Å². The van der Waals surface area contributed by atoms with Gasteiger partial charge >= 0.3 is 0 Å². The van der Waals surface area contributed by atoms with Gasteiger partial charge in [-0.2, -0.15) is 5.10 Å². The van der Waals surface area contributed by atoms with E-state index in [1.54, 1.807) is 0 Å². The third kappa shape index (κ3) is 10.8. The Morgan fingerprint density at radius 2 is 0.380 bits per heavy atom. The molecule has 5 aromatic heterocycles. The van der Waals surface area contributed by atoms with Gasteiger partial charge in [-0.3, -0.25) is 0 Å². The lowest BCUT2D eigenvalue weighted by atomic mass is 9.70. The summed E-state index contributed by atoms with van der Waals surface area (Å²) in [5, 5.41) is 16.8. The van der Waals surface area contributed by atoms with Gasteiger partial charge in [0.1, 0.15) is 0 Å². The Hall–Kier alpha value is -18.5. The maximum absolute atomic E-state index is 5.48. The molecular weight excluding hydrogens is 1720 g/mol. The number of fused-ring (bicyclic) bond motifs is 42. The molecule has 6 heteroatoms. The van der Waals surface area contributed by atoms with Crippen LogP contribution in [0.5, 0.6) is 0 Å². The van der Waals surface area contributed by atoms with Crippen molar-refractivity contribution in [2.75, 3.05) is 0 Å². The number of hydrogen-bond acceptors (Lipinski definition) is 5. The van der Waals surface area contributed by atoms with Gasteiger partial charge in [-0.05, 0) is 239 Å². The first kappa shape index (κ1) is 78.7. The van der Waals surface area contributed by atoms with Gasteiger partial charge in [-0.25, -0.2) is 24.5 Å². The van der Waals surface area contributed by atoms with Crippen LogP contribution in [0.15, 0.2) is 485 Å². The molecule has 0 saturated heterocycles. The van der Waals surface area contributed by atoms with Crippen LogP contribution in [0.2, 0.25) is 0 Å². The van der Waals surface area contributed by atoms with Crippen LogP contribution in [0.1, 0.15) is 66.8 Å². The molecule has 0 fully saturated rings. The molecule has 0 radical (unpaired) electrons. The molecule has 0 saturated carbocycles. The highest BCUT2D eigenvalue weighted by molar-refractivity contribution is 6.18. The molecule has 6 aliphatic rings. The minimum Gasteiger partial charge on any atom is -0.247 e. The van der Waals surface area contributed by atoms with Gasteiger partial charge in [0.25, 0.3) is 0 Å². The third-order valence-electron chi connectivity index (χ3n) is 32.1. The zero-order chi connectivity index (χ0) is 92.8. The van der Waals surface area contributed by atoms with Crippen LogP contribution in [0.4, 0.5) is 0 Å². The number of pyridine rings is 3. The fourth-order valence-electron chi connectivity index (χ4n) is 26.2. The molecule has 0 unspecified atom stereocenters. The predicted molar refractivity (Wildman–Crippen MR) is 582 cm³/mol. The van der Waals surface area contributed by atoms with Crippen LogP contribution >= 0.6 is 0 Å². The van der Waals surface area contributed by atoms with Crippen LogP contribution < -0.4 is 0 Å². The zero-order valence-corrected chi connectivity index (χ0v) is 76.9. The standard InChI is InChI=1S/C76H44N2.C60H36N4/c1-9-25-63-49(17-1)50-18-2-10-26-64(50)75(63)67-29-13-5-21-53(67)59-41-61-57(43-69(59)75)55-23-7-15-31-71(55)77-73(61)47-37-33-45(34-38-47)46-35-39-48(40-36-46)74-62-42-60-54-22-6-14-30-68(54)76(70(60)44-58(62)56-24-8-16-32-72(56)78-74)65-27-11-3-19-51(65)52-20-4-12-28-66(52)76;1-2-14-39(15-3-1)56-36-57-46-20-8-13-25-55(46)62-59(64(57)63-56)41-32-28-38(29-33-41)37-26-30-40(31-27-37)58-49-34-48-44-18-6-11-23-52(44)60(53(48)35-47(49)45-19-7-12-24-54(45)61-58)50-21-9-4-16-42(50)43-17-5-10-22-51(43)60/h1-44H;1-36H. The molecule has 6 aliphatic carbocycles. The summed E-state index contributed by atoms with van der Waals surface area (Å²) in [6.07, 6.45) is 0. The zero-order valence-electron chi connectivity index (χ0n) is 76.9. The molecule has 0 aliphatic heterocycles. The summed E-state index contributed by atoms with van der Waals surface area (Å²) >= 11 is 0. The summed E-state index contributed by atoms with van der Waals surface area (Å²) in [4.78, 5) is 21.5. The second-order valence-corrected chi connectivity index (χ2v) is 38.9. The summed E-state index contributed by atoms with van der Waals surface area (Å²) < 4.78 is 1.99. The maximum atomic E-state index is 5.48. The number of nitrogens with zero attached hydrogens (tertiary/aromatic N) is 6. The Morgan fingerprint density at radius 3 is 0.676 bits per heavy atom. The molecule has 5 heterocycles. The van der Waals surface area contributed by atoms with E-state index in [1.165, 1.54) is 160 Å². The molecule has 0 amide bonds. The largest absolute Gasteiger partial charge is 0.247 e. The molecule has 0 atom stereocenters. The summed E-state index contributed by atoms with van der Waals surface area (Å²) in [6.45, 7) is 0. The van der Waals surface area contributed by atoms with Crippen molar-refractivity contribution in [3.05, 3.63) is 552 Å². The van der Waals surface area contributed by atoms with Crippen LogP contribution in [0.3, 0.4) is 0 Å². The smallest absolute Gasteiger partial charge is 0.161 e. The molecule has 3 spiro atoms. The van der Waals surface area contributed by atoms with Crippen molar-refractivity contribution in [3.8, 4) is 145 Å². The molecular formula is C136H80N6. The average molecular weight is 1800 g/mol. The number of benzene rings is 21. The Morgan fingerprint density at radius 1 is 0.148 bits per heavy atom. The minimum atomic E-state index is -0.418. The van der Waals surface area contributed by atoms with E-state index in [2.05, 4.69) is 473 Å². The van der Waals surface area contributed by atoms with Crippen molar-refractivity contribution in [3.63, 3.8) is 0 Å². The number of aromatic nitrogens is 6. The Bertz CT molecular complexity index is 9530. The Labute approximate surface area is 818 Å². The third-order valence-corrected chi connectivity index (χ3v) is 32.1. The van der Waals surface area contributed by atoms with Gasteiger partial charge in [-0.15, -0.1) is 0 Å². The van der Waals surface area contributed by atoms with Gasteiger partial charge in [0.15, 0.2) is 5.82 Å². The second kappa shape index (κ2) is 29.8. The Balaban J connectivity index is 0.000000133.